The Hall–Kier alpha value is -0.910. The molecule has 1 atom stereocenters. The van der Waals surface area contributed by atoms with E-state index < -0.39 is 0 Å². The van der Waals surface area contributed by atoms with Gasteiger partial charge >= 0.3 is 6.09 Å². The van der Waals surface area contributed by atoms with Gasteiger partial charge in [-0.25, -0.2) is 4.79 Å². The number of nitrogens with one attached hydrogen (secondary N) is 2. The van der Waals surface area contributed by atoms with Crippen LogP contribution < -0.4 is 10.6 Å². The molecule has 2 fully saturated rings. The van der Waals surface area contributed by atoms with Gasteiger partial charge in [0.15, 0.2) is 0 Å². The van der Waals surface area contributed by atoms with Crippen LogP contribution in [0.4, 0.5) is 4.79 Å². The molecule has 27 heavy (non-hydrogen) atoms. The smallest absolute Gasteiger partial charge is 0.407 e. The largest absolute Gasteiger partial charge is 0.450 e. The van der Waals surface area contributed by atoms with Gasteiger partial charge in [-0.2, -0.15) is 11.8 Å². The quantitative estimate of drug-likeness (QED) is 0.715. The third kappa shape index (κ3) is 10.9. The van der Waals surface area contributed by atoms with E-state index in [4.69, 9.17) is 16.3 Å². The molecule has 4 nitrogen and oxygen atoms in total. The Morgan fingerprint density at radius 1 is 1.22 bits per heavy atom. The molecule has 1 amide bonds. The molecule has 0 bridgehead atoms. The van der Waals surface area contributed by atoms with Crippen molar-refractivity contribution in [2.24, 2.45) is 5.92 Å². The molecule has 0 spiro atoms. The highest BCUT2D eigenvalue weighted by Gasteiger charge is 2.17. The van der Waals surface area contributed by atoms with Gasteiger partial charge in [0.1, 0.15) is 0 Å². The van der Waals surface area contributed by atoms with Crippen LogP contribution in [-0.2, 0) is 11.2 Å². The number of rotatable bonds is 4. The lowest BCUT2D eigenvalue weighted by Crippen LogP contribution is -2.34. The van der Waals surface area contributed by atoms with Gasteiger partial charge in [0.25, 0.3) is 0 Å². The van der Waals surface area contributed by atoms with Crippen LogP contribution in [0, 0.1) is 5.92 Å². The first-order valence-corrected chi connectivity index (χ1v) is 11.7. The topological polar surface area (TPSA) is 50.4 Å². The van der Waals surface area contributed by atoms with E-state index in [9.17, 15) is 4.79 Å². The van der Waals surface area contributed by atoms with Gasteiger partial charge in [-0.15, -0.1) is 0 Å². The minimum atomic E-state index is -0.278. The summed E-state index contributed by atoms with van der Waals surface area (Å²) < 4.78 is 4.74. The number of amides is 1. The zero-order valence-electron chi connectivity index (χ0n) is 16.9. The van der Waals surface area contributed by atoms with Gasteiger partial charge in [0.05, 0.1) is 6.61 Å². The molecule has 1 unspecified atom stereocenters. The van der Waals surface area contributed by atoms with E-state index in [1.54, 1.807) is 0 Å². The van der Waals surface area contributed by atoms with Gasteiger partial charge in [-0.3, -0.25) is 0 Å². The molecule has 0 radical (unpaired) electrons. The normalized spacial score (nSPS) is 19.2. The predicted octanol–water partition coefficient (Wildman–Crippen LogP) is 5.15. The maximum Gasteiger partial charge on any atom is 0.407 e. The van der Waals surface area contributed by atoms with Crippen LogP contribution in [0.3, 0.4) is 0 Å². The highest BCUT2D eigenvalue weighted by atomic mass is 35.5. The lowest BCUT2D eigenvalue weighted by atomic mass is 9.91. The van der Waals surface area contributed by atoms with E-state index in [2.05, 4.69) is 22.8 Å². The second kappa shape index (κ2) is 15.1. The summed E-state index contributed by atoms with van der Waals surface area (Å²) in [6, 6.07) is 8.59. The SMILES string of the molecule is CC.CCOC(=O)NC1CCSC1.Clc1ccc(CC2CCNCC2)cc1. The first-order chi connectivity index (χ1) is 13.2. The first-order valence-electron chi connectivity index (χ1n) is 10.1. The van der Waals surface area contributed by atoms with Crippen molar-refractivity contribution in [1.29, 1.82) is 0 Å². The van der Waals surface area contributed by atoms with Crippen LogP contribution >= 0.6 is 23.4 Å². The molecule has 3 rings (SSSR count). The molecule has 2 N–H and O–H groups in total. The molecule has 0 saturated carbocycles. The van der Waals surface area contributed by atoms with Crippen LogP contribution in [0.15, 0.2) is 24.3 Å². The summed E-state index contributed by atoms with van der Waals surface area (Å²) in [5.74, 6) is 3.04. The number of ether oxygens (including phenoxy) is 1. The number of piperidine rings is 1. The Labute approximate surface area is 174 Å². The van der Waals surface area contributed by atoms with Crippen molar-refractivity contribution in [2.75, 3.05) is 31.2 Å². The minimum absolute atomic E-state index is 0.278. The Kier molecular flexibility index (Phi) is 13.5. The van der Waals surface area contributed by atoms with Crippen LogP contribution in [0.25, 0.3) is 0 Å². The fourth-order valence-electron chi connectivity index (χ4n) is 3.03. The third-order valence-electron chi connectivity index (χ3n) is 4.42. The number of benzene rings is 1. The monoisotopic (exact) mass is 414 g/mol. The van der Waals surface area contributed by atoms with E-state index >= 15 is 0 Å². The van der Waals surface area contributed by atoms with E-state index in [0.29, 0.717) is 12.6 Å². The molecule has 2 aliphatic rings. The predicted molar refractivity (Wildman–Crippen MR) is 118 cm³/mol. The lowest BCUT2D eigenvalue weighted by molar-refractivity contribution is 0.149. The van der Waals surface area contributed by atoms with Crippen molar-refractivity contribution in [3.05, 3.63) is 34.9 Å². The van der Waals surface area contributed by atoms with E-state index in [1.165, 1.54) is 37.9 Å². The number of thioether (sulfide) groups is 1. The maximum absolute atomic E-state index is 10.9. The second-order valence-electron chi connectivity index (χ2n) is 6.45. The van der Waals surface area contributed by atoms with Gasteiger partial charge in [0.2, 0.25) is 0 Å². The van der Waals surface area contributed by atoms with Crippen LogP contribution in [0.5, 0.6) is 0 Å². The number of halogens is 1. The minimum Gasteiger partial charge on any atom is -0.450 e. The summed E-state index contributed by atoms with van der Waals surface area (Å²) in [4.78, 5) is 10.9. The molecule has 1 aromatic carbocycles. The highest BCUT2D eigenvalue weighted by Crippen LogP contribution is 2.19. The van der Waals surface area contributed by atoms with Crippen molar-refractivity contribution >= 4 is 29.5 Å². The van der Waals surface area contributed by atoms with Gasteiger partial charge in [-0.1, -0.05) is 37.6 Å². The zero-order chi connectivity index (χ0) is 19.9. The Balaban J connectivity index is 0.000000254. The molecule has 0 aliphatic carbocycles. The number of hydrogen-bond acceptors (Lipinski definition) is 4. The van der Waals surface area contributed by atoms with Gasteiger partial charge in [-0.05, 0) is 75.1 Å². The summed E-state index contributed by atoms with van der Waals surface area (Å²) >= 11 is 7.72. The fraction of sp³-hybridized carbons (Fsp3) is 0.667. The summed E-state index contributed by atoms with van der Waals surface area (Å²) in [6.07, 6.45) is 4.62. The van der Waals surface area contributed by atoms with Gasteiger partial charge < -0.3 is 15.4 Å². The average molecular weight is 415 g/mol. The molecule has 2 aliphatic heterocycles. The summed E-state index contributed by atoms with van der Waals surface area (Å²) in [5.41, 5.74) is 1.42. The van der Waals surface area contributed by atoms with Crippen LogP contribution in [0.1, 0.15) is 45.6 Å². The molecule has 6 heteroatoms. The van der Waals surface area contributed by atoms with E-state index in [-0.39, 0.29) is 6.09 Å². The highest BCUT2D eigenvalue weighted by molar-refractivity contribution is 7.99. The molecule has 1 aromatic rings. The maximum atomic E-state index is 10.9. The van der Waals surface area contributed by atoms with Crippen LogP contribution in [0.2, 0.25) is 5.02 Å². The Bertz CT molecular complexity index is 501. The summed E-state index contributed by atoms with van der Waals surface area (Å²) in [5, 5.41) is 7.02. The summed E-state index contributed by atoms with van der Waals surface area (Å²) in [6.45, 7) is 8.62. The standard InChI is InChI=1S/C12H16ClN.C7H13NO2S.C2H6/c13-12-3-1-10(2-4-12)9-11-5-7-14-8-6-11;1-2-10-7(9)8-6-3-4-11-5-6;1-2/h1-4,11,14H,5-9H2;6H,2-5H2,1H3,(H,8,9);1-2H3. The van der Waals surface area contributed by atoms with Crippen molar-refractivity contribution < 1.29 is 9.53 Å². The van der Waals surface area contributed by atoms with E-state index in [1.807, 2.05) is 44.7 Å². The fourth-order valence-corrected chi connectivity index (χ4v) is 4.31. The van der Waals surface area contributed by atoms with Gasteiger partial charge in [0, 0.05) is 16.8 Å². The Morgan fingerprint density at radius 2 is 1.89 bits per heavy atom. The number of hydrogen-bond donors (Lipinski definition) is 2. The molecular formula is C21H35ClN2O2S. The molecular weight excluding hydrogens is 380 g/mol. The molecule has 2 heterocycles. The average Bonchev–Trinajstić information content (AvgIpc) is 3.20. The van der Waals surface area contributed by atoms with E-state index in [0.717, 1.165) is 28.9 Å². The van der Waals surface area contributed by atoms with Crippen molar-refractivity contribution in [3.63, 3.8) is 0 Å². The number of carbonyl (C=O) groups is 1. The first kappa shape index (κ1) is 24.1. The van der Waals surface area contributed by atoms with Crippen molar-refractivity contribution in [2.45, 2.75) is 52.5 Å². The lowest BCUT2D eigenvalue weighted by Gasteiger charge is -2.22. The second-order valence-corrected chi connectivity index (χ2v) is 8.04. The number of alkyl carbamates (subject to hydrolysis) is 1. The Morgan fingerprint density at radius 3 is 2.44 bits per heavy atom. The third-order valence-corrected chi connectivity index (χ3v) is 5.84. The molecule has 2 saturated heterocycles. The number of carbonyl (C=O) groups excluding carboxylic acids is 1. The van der Waals surface area contributed by atoms with Crippen molar-refractivity contribution in [3.8, 4) is 0 Å². The van der Waals surface area contributed by atoms with Crippen LogP contribution in [-0.4, -0.2) is 43.3 Å². The molecule has 0 aromatic heterocycles. The summed E-state index contributed by atoms with van der Waals surface area (Å²) in [7, 11) is 0. The van der Waals surface area contributed by atoms with Crippen molar-refractivity contribution in [1.82, 2.24) is 10.6 Å². The molecule has 154 valence electrons. The zero-order valence-corrected chi connectivity index (χ0v) is 18.5.